The summed E-state index contributed by atoms with van der Waals surface area (Å²) in [5.41, 5.74) is 2.37. The lowest BCUT2D eigenvalue weighted by Crippen LogP contribution is -2.15. The van der Waals surface area contributed by atoms with Gasteiger partial charge < -0.3 is 5.32 Å². The van der Waals surface area contributed by atoms with Crippen molar-refractivity contribution in [2.75, 3.05) is 5.32 Å². The fourth-order valence-electron chi connectivity index (χ4n) is 2.32. The number of carbonyl (C=O) groups excluding carboxylic acids is 1. The van der Waals surface area contributed by atoms with Crippen LogP contribution < -0.4 is 5.32 Å². The average molecular weight is 389 g/mol. The Morgan fingerprint density at radius 2 is 1.96 bits per heavy atom. The maximum atomic E-state index is 13.6. The lowest BCUT2D eigenvalue weighted by molar-refractivity contribution is 0.102. The summed E-state index contributed by atoms with van der Waals surface area (Å²) in [5, 5.41) is 10.7. The van der Waals surface area contributed by atoms with Gasteiger partial charge in [0.1, 0.15) is 5.82 Å². The van der Waals surface area contributed by atoms with Crippen molar-refractivity contribution < 1.29 is 9.18 Å². The second-order valence-corrected chi connectivity index (χ2v) is 6.20. The van der Waals surface area contributed by atoms with E-state index in [1.807, 2.05) is 24.3 Å². The first kappa shape index (κ1) is 16.3. The molecule has 3 aromatic rings. The molecule has 1 N–H and O–H groups in total. The standard InChI is InChI=1S/C17H14BrFN4O/c1-10-14(19)7-4-8-15(10)20-17(24)16-11(2)23(22-21-16)13-6-3-5-12(18)9-13/h3-9H,1-2H3,(H,20,24). The first-order valence-corrected chi connectivity index (χ1v) is 8.01. The maximum absolute atomic E-state index is 13.6. The number of hydrogen-bond acceptors (Lipinski definition) is 3. The van der Waals surface area contributed by atoms with Crippen molar-refractivity contribution in [1.29, 1.82) is 0 Å². The molecule has 0 unspecified atom stereocenters. The van der Waals surface area contributed by atoms with Gasteiger partial charge in [-0.25, -0.2) is 9.07 Å². The molecule has 0 fully saturated rings. The Morgan fingerprint density at radius 3 is 2.71 bits per heavy atom. The molecule has 0 saturated carbocycles. The minimum absolute atomic E-state index is 0.193. The number of nitrogens with zero attached hydrogens (tertiary/aromatic N) is 3. The van der Waals surface area contributed by atoms with Crippen LogP contribution in [0.1, 0.15) is 21.7 Å². The van der Waals surface area contributed by atoms with Crippen LogP contribution >= 0.6 is 15.9 Å². The van der Waals surface area contributed by atoms with Crippen LogP contribution in [0, 0.1) is 19.7 Å². The number of carbonyl (C=O) groups is 1. The lowest BCUT2D eigenvalue weighted by atomic mass is 10.2. The summed E-state index contributed by atoms with van der Waals surface area (Å²) >= 11 is 3.40. The molecule has 1 heterocycles. The number of nitrogens with one attached hydrogen (secondary N) is 1. The van der Waals surface area contributed by atoms with Gasteiger partial charge in [-0.15, -0.1) is 5.10 Å². The number of benzene rings is 2. The highest BCUT2D eigenvalue weighted by Gasteiger charge is 2.18. The van der Waals surface area contributed by atoms with Crippen LogP contribution in [-0.4, -0.2) is 20.9 Å². The Balaban J connectivity index is 1.90. The van der Waals surface area contributed by atoms with Gasteiger partial charge in [0.05, 0.1) is 11.4 Å². The summed E-state index contributed by atoms with van der Waals surface area (Å²) in [5.74, 6) is -0.801. The van der Waals surface area contributed by atoms with Crippen LogP contribution in [-0.2, 0) is 0 Å². The molecule has 0 saturated heterocycles. The average Bonchev–Trinajstić information content (AvgIpc) is 2.93. The van der Waals surface area contributed by atoms with Crippen molar-refractivity contribution in [2.45, 2.75) is 13.8 Å². The largest absolute Gasteiger partial charge is 0.320 e. The first-order chi connectivity index (χ1) is 11.5. The summed E-state index contributed by atoms with van der Waals surface area (Å²) in [6, 6.07) is 12.0. The van der Waals surface area contributed by atoms with Crippen molar-refractivity contribution >= 4 is 27.5 Å². The SMILES string of the molecule is Cc1c(F)cccc1NC(=O)c1nnn(-c2cccc(Br)c2)c1C. The second kappa shape index (κ2) is 6.52. The van der Waals surface area contributed by atoms with Crippen LogP contribution in [0.5, 0.6) is 0 Å². The van der Waals surface area contributed by atoms with Crippen LogP contribution in [0.25, 0.3) is 5.69 Å². The lowest BCUT2D eigenvalue weighted by Gasteiger charge is -2.08. The molecule has 7 heteroatoms. The number of aromatic nitrogens is 3. The molecule has 1 amide bonds. The van der Waals surface area contributed by atoms with Gasteiger partial charge in [0.15, 0.2) is 5.69 Å². The summed E-state index contributed by atoms with van der Waals surface area (Å²) in [7, 11) is 0. The second-order valence-electron chi connectivity index (χ2n) is 5.28. The van der Waals surface area contributed by atoms with Crippen LogP contribution in [0.15, 0.2) is 46.9 Å². The highest BCUT2D eigenvalue weighted by Crippen LogP contribution is 2.20. The zero-order valence-corrected chi connectivity index (χ0v) is 14.6. The fraction of sp³-hybridized carbons (Fsp3) is 0.118. The van der Waals surface area contributed by atoms with Crippen molar-refractivity contribution in [2.24, 2.45) is 0 Å². The number of anilines is 1. The Labute approximate surface area is 146 Å². The van der Waals surface area contributed by atoms with Gasteiger partial charge in [-0.2, -0.15) is 0 Å². The third-order valence-corrected chi connectivity index (χ3v) is 4.17. The Morgan fingerprint density at radius 1 is 1.21 bits per heavy atom. The van der Waals surface area contributed by atoms with Crippen LogP contribution in [0.2, 0.25) is 0 Å². The number of amides is 1. The zero-order valence-electron chi connectivity index (χ0n) is 13.0. The van der Waals surface area contributed by atoms with Gasteiger partial charge in [0.25, 0.3) is 5.91 Å². The maximum Gasteiger partial charge on any atom is 0.278 e. The molecule has 0 aliphatic heterocycles. The Hall–Kier alpha value is -2.54. The van der Waals surface area contributed by atoms with Gasteiger partial charge in [0.2, 0.25) is 0 Å². The third kappa shape index (κ3) is 3.07. The molecular formula is C17H14BrFN4O. The molecule has 0 spiro atoms. The van der Waals surface area contributed by atoms with Gasteiger partial charge >= 0.3 is 0 Å². The van der Waals surface area contributed by atoms with Gasteiger partial charge in [-0.1, -0.05) is 33.3 Å². The number of halogens is 2. The summed E-state index contributed by atoms with van der Waals surface area (Å²) in [6.07, 6.45) is 0. The van der Waals surface area contributed by atoms with E-state index in [1.54, 1.807) is 30.7 Å². The van der Waals surface area contributed by atoms with Gasteiger partial charge in [-0.3, -0.25) is 4.79 Å². The highest BCUT2D eigenvalue weighted by atomic mass is 79.9. The van der Waals surface area contributed by atoms with Crippen molar-refractivity contribution in [3.05, 3.63) is 69.7 Å². The molecular weight excluding hydrogens is 375 g/mol. The van der Waals surface area contributed by atoms with E-state index in [2.05, 4.69) is 31.6 Å². The molecule has 0 aliphatic rings. The monoisotopic (exact) mass is 388 g/mol. The van der Waals surface area contributed by atoms with Crippen molar-refractivity contribution in [1.82, 2.24) is 15.0 Å². The van der Waals surface area contributed by atoms with Gasteiger partial charge in [-0.05, 0) is 44.2 Å². The van der Waals surface area contributed by atoms with Crippen molar-refractivity contribution in [3.8, 4) is 5.69 Å². The van der Waals surface area contributed by atoms with E-state index in [1.165, 1.54) is 6.07 Å². The highest BCUT2D eigenvalue weighted by molar-refractivity contribution is 9.10. The minimum Gasteiger partial charge on any atom is -0.320 e. The summed E-state index contributed by atoms with van der Waals surface area (Å²) in [6.45, 7) is 3.37. The predicted molar refractivity (Wildman–Crippen MR) is 92.9 cm³/mol. The molecule has 1 aromatic heterocycles. The first-order valence-electron chi connectivity index (χ1n) is 7.22. The predicted octanol–water partition coefficient (Wildman–Crippen LogP) is 4.04. The Bertz CT molecular complexity index is 923. The quantitative estimate of drug-likeness (QED) is 0.736. The zero-order chi connectivity index (χ0) is 17.3. The summed E-state index contributed by atoms with van der Waals surface area (Å²) < 4.78 is 16.1. The molecule has 5 nitrogen and oxygen atoms in total. The van der Waals surface area contributed by atoms with E-state index in [0.29, 0.717) is 16.9 Å². The summed E-state index contributed by atoms with van der Waals surface area (Å²) in [4.78, 5) is 12.5. The van der Waals surface area contributed by atoms with E-state index < -0.39 is 5.91 Å². The molecule has 122 valence electrons. The fourth-order valence-corrected chi connectivity index (χ4v) is 2.70. The molecule has 3 rings (SSSR count). The molecule has 0 bridgehead atoms. The Kier molecular flexibility index (Phi) is 4.44. The van der Waals surface area contributed by atoms with E-state index in [9.17, 15) is 9.18 Å². The topological polar surface area (TPSA) is 59.8 Å². The van der Waals surface area contributed by atoms with E-state index >= 15 is 0 Å². The molecule has 2 aromatic carbocycles. The third-order valence-electron chi connectivity index (χ3n) is 3.68. The van der Waals surface area contributed by atoms with Crippen LogP contribution in [0.4, 0.5) is 10.1 Å². The molecule has 0 radical (unpaired) electrons. The van der Waals surface area contributed by atoms with E-state index in [4.69, 9.17) is 0 Å². The molecule has 0 aliphatic carbocycles. The smallest absolute Gasteiger partial charge is 0.278 e. The van der Waals surface area contributed by atoms with Crippen molar-refractivity contribution in [3.63, 3.8) is 0 Å². The van der Waals surface area contributed by atoms with E-state index in [0.717, 1.165) is 10.2 Å². The minimum atomic E-state index is -0.428. The van der Waals surface area contributed by atoms with E-state index in [-0.39, 0.29) is 11.5 Å². The van der Waals surface area contributed by atoms with Gasteiger partial charge in [0, 0.05) is 15.7 Å². The van der Waals surface area contributed by atoms with Crippen LogP contribution in [0.3, 0.4) is 0 Å². The molecule has 0 atom stereocenters. The molecule has 24 heavy (non-hydrogen) atoms. The number of rotatable bonds is 3. The normalized spacial score (nSPS) is 10.7. The number of hydrogen-bond donors (Lipinski definition) is 1.